The molecule has 1 rings (SSSR count). The summed E-state index contributed by atoms with van der Waals surface area (Å²) in [6, 6.07) is 0. The topological polar surface area (TPSA) is 145 Å². The highest BCUT2D eigenvalue weighted by molar-refractivity contribution is 8.00. The van der Waals surface area contributed by atoms with Crippen molar-refractivity contribution in [2.24, 2.45) is 0 Å². The van der Waals surface area contributed by atoms with Crippen molar-refractivity contribution in [3.63, 3.8) is 0 Å². The third kappa shape index (κ3) is 14.0. The van der Waals surface area contributed by atoms with Crippen LogP contribution in [0.2, 0.25) is 0 Å². The molecule has 0 aromatic carbocycles. The molecule has 0 spiro atoms. The normalized spacial score (nSPS) is 11.0. The lowest BCUT2D eigenvalue weighted by molar-refractivity contribution is -0.144. The van der Waals surface area contributed by atoms with E-state index in [9.17, 15) is 28.8 Å². The average Bonchev–Trinajstić information content (AvgIpc) is 2.90. The third-order valence-corrected chi connectivity index (χ3v) is 8.09. The number of ether oxygens (including phenoxy) is 3. The zero-order chi connectivity index (χ0) is 29.9. The maximum absolute atomic E-state index is 13.0. The van der Waals surface area contributed by atoms with Crippen molar-refractivity contribution in [2.45, 2.75) is 71.8 Å². The molecule has 0 radical (unpaired) electrons. The monoisotopic (exact) mass is 623 g/mol. The minimum absolute atomic E-state index is 0.186. The van der Waals surface area contributed by atoms with E-state index in [0.29, 0.717) is 22.5 Å². The molecule has 0 saturated heterocycles. The predicted octanol–water partition coefficient (Wildman–Crippen LogP) is 1.62. The van der Waals surface area contributed by atoms with Gasteiger partial charge in [-0.25, -0.2) is 28.1 Å². The zero-order valence-electron chi connectivity index (χ0n) is 23.7. The van der Waals surface area contributed by atoms with Crippen LogP contribution in [0.1, 0.15) is 47.0 Å². The van der Waals surface area contributed by atoms with Crippen LogP contribution in [0.5, 0.6) is 0 Å². The van der Waals surface area contributed by atoms with E-state index < -0.39 is 35.0 Å². The van der Waals surface area contributed by atoms with Gasteiger partial charge in [-0.15, -0.1) is 0 Å². The number of nitrogens with zero attached hydrogens (tertiary/aromatic N) is 3. The standard InChI is InChI=1S/C25H41N3O9S3/c1-5-38-16-7-20(29)35-13-10-26-23(32)27(11-14-36-21(30)8-17-39-6-2)25(34)28(24(26)33)12-15-37-22(31)9-18-40-19(3)4/h19H,5-18H2,1-4H3. The van der Waals surface area contributed by atoms with Crippen molar-refractivity contribution >= 4 is 53.2 Å². The highest BCUT2D eigenvalue weighted by atomic mass is 32.2. The van der Waals surface area contributed by atoms with Gasteiger partial charge in [-0.05, 0) is 16.8 Å². The lowest BCUT2D eigenvalue weighted by atomic mass is 10.5. The van der Waals surface area contributed by atoms with Gasteiger partial charge >= 0.3 is 35.0 Å². The van der Waals surface area contributed by atoms with Gasteiger partial charge in [0.2, 0.25) is 0 Å². The lowest BCUT2D eigenvalue weighted by Gasteiger charge is -2.14. The first-order valence-electron chi connectivity index (χ1n) is 13.3. The first-order valence-corrected chi connectivity index (χ1v) is 16.7. The smallest absolute Gasteiger partial charge is 0.336 e. The van der Waals surface area contributed by atoms with E-state index in [1.807, 2.05) is 27.7 Å². The van der Waals surface area contributed by atoms with Gasteiger partial charge in [0.25, 0.3) is 0 Å². The summed E-state index contributed by atoms with van der Waals surface area (Å²) < 4.78 is 17.8. The number of esters is 3. The van der Waals surface area contributed by atoms with Gasteiger partial charge in [0, 0.05) is 17.3 Å². The summed E-state index contributed by atoms with van der Waals surface area (Å²) in [6.07, 6.45) is 0.576. The van der Waals surface area contributed by atoms with Gasteiger partial charge in [0.05, 0.1) is 38.9 Å². The molecule has 1 aromatic rings. The SMILES string of the molecule is CCSCCC(=O)OCCn1c(=O)n(CCOC(=O)CCSCC)c(=O)n(CCOC(=O)CCSC(C)C)c1=O. The molecule has 228 valence electrons. The molecular formula is C25H41N3O9S3. The van der Waals surface area contributed by atoms with Crippen LogP contribution in [0, 0.1) is 0 Å². The summed E-state index contributed by atoms with van der Waals surface area (Å²) in [5.74, 6) is 2.12. The molecule has 0 aliphatic heterocycles. The van der Waals surface area contributed by atoms with Gasteiger partial charge in [-0.3, -0.25) is 14.4 Å². The second-order valence-corrected chi connectivity index (χ2v) is 13.0. The fraction of sp³-hybridized carbons (Fsp3) is 0.760. The van der Waals surface area contributed by atoms with Crippen LogP contribution in [-0.2, 0) is 48.2 Å². The number of hydrogen-bond acceptors (Lipinski definition) is 12. The molecule has 1 heterocycles. The number of carbonyl (C=O) groups excluding carboxylic acids is 3. The summed E-state index contributed by atoms with van der Waals surface area (Å²) in [5, 5.41) is 0.370. The van der Waals surface area contributed by atoms with Crippen molar-refractivity contribution in [3.05, 3.63) is 31.5 Å². The van der Waals surface area contributed by atoms with Crippen molar-refractivity contribution in [3.8, 4) is 0 Å². The van der Waals surface area contributed by atoms with E-state index in [-0.39, 0.29) is 58.7 Å². The summed E-state index contributed by atoms with van der Waals surface area (Å²) >= 11 is 4.78. The van der Waals surface area contributed by atoms with Crippen LogP contribution < -0.4 is 17.1 Å². The lowest BCUT2D eigenvalue weighted by Crippen LogP contribution is -2.55. The molecule has 12 nitrogen and oxygen atoms in total. The molecule has 0 unspecified atom stereocenters. The van der Waals surface area contributed by atoms with Crippen molar-refractivity contribution in [1.82, 2.24) is 13.7 Å². The summed E-state index contributed by atoms with van der Waals surface area (Å²) in [4.78, 5) is 75.0. The third-order valence-electron chi connectivity index (χ3n) is 5.19. The second-order valence-electron chi connectivity index (χ2n) is 8.53. The van der Waals surface area contributed by atoms with E-state index in [2.05, 4.69) is 0 Å². The van der Waals surface area contributed by atoms with E-state index in [1.54, 1.807) is 35.3 Å². The van der Waals surface area contributed by atoms with Gasteiger partial charge in [0.1, 0.15) is 19.8 Å². The number of rotatable bonds is 21. The molecule has 15 heteroatoms. The Kier molecular flexibility index (Phi) is 18.6. The number of hydrogen-bond donors (Lipinski definition) is 0. The van der Waals surface area contributed by atoms with Crippen molar-refractivity contribution < 1.29 is 28.6 Å². The Hall–Kier alpha value is -2.13. The van der Waals surface area contributed by atoms with Crippen LogP contribution in [0.3, 0.4) is 0 Å². The van der Waals surface area contributed by atoms with E-state index in [1.165, 1.54) is 0 Å². The van der Waals surface area contributed by atoms with Gasteiger partial charge < -0.3 is 14.2 Å². The Morgan fingerprint density at radius 3 is 1.25 bits per heavy atom. The summed E-state index contributed by atoms with van der Waals surface area (Å²) in [7, 11) is 0. The van der Waals surface area contributed by atoms with Gasteiger partial charge in [-0.1, -0.05) is 27.7 Å². The van der Waals surface area contributed by atoms with Crippen LogP contribution in [0.25, 0.3) is 0 Å². The molecule has 0 saturated carbocycles. The van der Waals surface area contributed by atoms with E-state index in [0.717, 1.165) is 25.2 Å². The zero-order valence-corrected chi connectivity index (χ0v) is 26.2. The van der Waals surface area contributed by atoms with Crippen molar-refractivity contribution in [2.75, 3.05) is 48.6 Å². The van der Waals surface area contributed by atoms with Crippen LogP contribution >= 0.6 is 35.3 Å². The Bertz CT molecular complexity index is 1050. The molecule has 0 fully saturated rings. The van der Waals surface area contributed by atoms with Crippen molar-refractivity contribution in [1.29, 1.82) is 0 Å². The van der Waals surface area contributed by atoms with Gasteiger partial charge in [-0.2, -0.15) is 35.3 Å². The fourth-order valence-corrected chi connectivity index (χ4v) is 5.16. The minimum Gasteiger partial charge on any atom is -0.464 e. The largest absolute Gasteiger partial charge is 0.464 e. The Morgan fingerprint density at radius 2 is 0.950 bits per heavy atom. The van der Waals surface area contributed by atoms with E-state index >= 15 is 0 Å². The van der Waals surface area contributed by atoms with Gasteiger partial charge in [0.15, 0.2) is 0 Å². The molecule has 1 aromatic heterocycles. The average molecular weight is 624 g/mol. The van der Waals surface area contributed by atoms with Crippen LogP contribution in [0.15, 0.2) is 14.4 Å². The summed E-state index contributed by atoms with van der Waals surface area (Å²) in [5.41, 5.74) is -2.74. The fourth-order valence-electron chi connectivity index (χ4n) is 3.20. The molecule has 0 N–H and O–H groups in total. The number of thioether (sulfide) groups is 3. The summed E-state index contributed by atoms with van der Waals surface area (Å²) in [6.45, 7) is 6.43. The molecule has 0 aliphatic rings. The number of aromatic nitrogens is 3. The number of carbonyl (C=O) groups is 3. The van der Waals surface area contributed by atoms with E-state index in [4.69, 9.17) is 14.2 Å². The second kappa shape index (κ2) is 20.7. The minimum atomic E-state index is -0.913. The Labute approximate surface area is 246 Å². The molecule has 0 aliphatic carbocycles. The quantitative estimate of drug-likeness (QED) is 0.111. The highest BCUT2D eigenvalue weighted by Gasteiger charge is 2.17. The maximum atomic E-state index is 13.0. The first-order chi connectivity index (χ1) is 19.1. The predicted molar refractivity (Wildman–Crippen MR) is 160 cm³/mol. The first kappa shape index (κ1) is 35.9. The highest BCUT2D eigenvalue weighted by Crippen LogP contribution is 2.10. The molecular weight excluding hydrogens is 582 g/mol. The Balaban J connectivity index is 3.00. The molecule has 0 atom stereocenters. The Morgan fingerprint density at radius 1 is 0.625 bits per heavy atom. The molecule has 40 heavy (non-hydrogen) atoms. The maximum Gasteiger partial charge on any atom is 0.336 e. The van der Waals surface area contributed by atoms with Crippen LogP contribution in [0.4, 0.5) is 0 Å². The molecule has 0 amide bonds. The van der Waals surface area contributed by atoms with Crippen LogP contribution in [-0.4, -0.2) is 85.4 Å². The molecule has 0 bridgehead atoms.